The molecule has 0 radical (unpaired) electrons. The molecular weight excluding hydrogens is 322 g/mol. The molecule has 106 valence electrons. The number of hydrogen-bond donors (Lipinski definition) is 2. The lowest BCUT2D eigenvalue weighted by Crippen LogP contribution is -2.51. The SMILES string of the molecule is O=C1NCCCCC1N1Cc2ccc(Br)cc2NC1=O. The minimum absolute atomic E-state index is 0.0433. The van der Waals surface area contributed by atoms with E-state index in [9.17, 15) is 9.59 Å². The first-order valence-electron chi connectivity index (χ1n) is 6.79. The van der Waals surface area contributed by atoms with E-state index in [1.54, 1.807) is 4.90 Å². The van der Waals surface area contributed by atoms with Crippen molar-refractivity contribution >= 4 is 33.6 Å². The third-order valence-corrected chi connectivity index (χ3v) is 4.29. The Labute approximate surface area is 125 Å². The van der Waals surface area contributed by atoms with Crippen LogP contribution in [0.5, 0.6) is 0 Å². The fourth-order valence-corrected chi connectivity index (χ4v) is 3.08. The lowest BCUT2D eigenvalue weighted by atomic mass is 10.1. The second-order valence-corrected chi connectivity index (χ2v) is 6.08. The van der Waals surface area contributed by atoms with Crippen LogP contribution in [0, 0.1) is 0 Å². The lowest BCUT2D eigenvalue weighted by Gasteiger charge is -2.34. The van der Waals surface area contributed by atoms with Crippen molar-refractivity contribution in [1.29, 1.82) is 0 Å². The highest BCUT2D eigenvalue weighted by Crippen LogP contribution is 2.29. The van der Waals surface area contributed by atoms with Gasteiger partial charge in [-0.15, -0.1) is 0 Å². The number of rotatable bonds is 1. The topological polar surface area (TPSA) is 61.4 Å². The van der Waals surface area contributed by atoms with Crippen LogP contribution < -0.4 is 10.6 Å². The van der Waals surface area contributed by atoms with Gasteiger partial charge in [-0.1, -0.05) is 22.0 Å². The molecule has 3 amide bonds. The molecule has 1 saturated heterocycles. The molecule has 5 nitrogen and oxygen atoms in total. The van der Waals surface area contributed by atoms with Crippen LogP contribution in [0.1, 0.15) is 24.8 Å². The fraction of sp³-hybridized carbons (Fsp3) is 0.429. The van der Waals surface area contributed by atoms with Gasteiger partial charge in [-0.3, -0.25) is 4.79 Å². The van der Waals surface area contributed by atoms with E-state index in [2.05, 4.69) is 26.6 Å². The molecular formula is C14H16BrN3O2. The molecule has 1 aromatic rings. The Balaban J connectivity index is 1.86. The number of nitrogens with one attached hydrogen (secondary N) is 2. The van der Waals surface area contributed by atoms with Gasteiger partial charge in [-0.25, -0.2) is 4.79 Å². The summed E-state index contributed by atoms with van der Waals surface area (Å²) < 4.78 is 0.928. The molecule has 6 heteroatoms. The molecule has 2 heterocycles. The number of anilines is 1. The number of urea groups is 1. The van der Waals surface area contributed by atoms with Gasteiger partial charge in [0, 0.05) is 16.7 Å². The molecule has 1 atom stereocenters. The molecule has 1 fully saturated rings. The van der Waals surface area contributed by atoms with Crippen LogP contribution >= 0.6 is 15.9 Å². The van der Waals surface area contributed by atoms with Crippen LogP contribution in [-0.4, -0.2) is 29.4 Å². The van der Waals surface area contributed by atoms with Gasteiger partial charge >= 0.3 is 6.03 Å². The molecule has 0 spiro atoms. The highest BCUT2D eigenvalue weighted by atomic mass is 79.9. The van der Waals surface area contributed by atoms with E-state index < -0.39 is 0 Å². The van der Waals surface area contributed by atoms with Crippen molar-refractivity contribution in [2.75, 3.05) is 11.9 Å². The van der Waals surface area contributed by atoms with Gasteiger partial charge in [0.2, 0.25) is 5.91 Å². The van der Waals surface area contributed by atoms with Gasteiger partial charge in [0.1, 0.15) is 6.04 Å². The maximum absolute atomic E-state index is 12.2. The average Bonchev–Trinajstić information content (AvgIpc) is 2.63. The van der Waals surface area contributed by atoms with Crippen molar-refractivity contribution in [3.05, 3.63) is 28.2 Å². The summed E-state index contributed by atoms with van der Waals surface area (Å²) in [5.74, 6) is -0.0433. The number of carbonyl (C=O) groups excluding carboxylic acids is 2. The summed E-state index contributed by atoms with van der Waals surface area (Å²) >= 11 is 3.39. The Kier molecular flexibility index (Phi) is 3.65. The zero-order chi connectivity index (χ0) is 14.1. The molecule has 1 aromatic carbocycles. The highest BCUT2D eigenvalue weighted by molar-refractivity contribution is 9.10. The van der Waals surface area contributed by atoms with Crippen molar-refractivity contribution in [1.82, 2.24) is 10.2 Å². The quantitative estimate of drug-likeness (QED) is 0.826. The summed E-state index contributed by atoms with van der Waals surface area (Å²) in [7, 11) is 0. The summed E-state index contributed by atoms with van der Waals surface area (Å²) in [5.41, 5.74) is 1.85. The van der Waals surface area contributed by atoms with E-state index in [0.29, 0.717) is 13.1 Å². The summed E-state index contributed by atoms with van der Waals surface area (Å²) in [6.07, 6.45) is 2.66. The van der Waals surface area contributed by atoms with Crippen LogP contribution in [0.2, 0.25) is 0 Å². The normalized spacial score (nSPS) is 22.6. The Hall–Kier alpha value is -1.56. The first-order chi connectivity index (χ1) is 9.65. The maximum atomic E-state index is 12.2. The zero-order valence-corrected chi connectivity index (χ0v) is 12.6. The monoisotopic (exact) mass is 337 g/mol. The highest BCUT2D eigenvalue weighted by Gasteiger charge is 2.33. The predicted molar refractivity (Wildman–Crippen MR) is 79.4 cm³/mol. The molecule has 1 unspecified atom stereocenters. The van der Waals surface area contributed by atoms with E-state index in [1.165, 1.54) is 0 Å². The van der Waals surface area contributed by atoms with Gasteiger partial charge in [0.25, 0.3) is 0 Å². The predicted octanol–water partition coefficient (Wildman–Crippen LogP) is 2.47. The number of fused-ring (bicyclic) bond motifs is 1. The van der Waals surface area contributed by atoms with Crippen molar-refractivity contribution in [2.24, 2.45) is 0 Å². The fourth-order valence-electron chi connectivity index (χ4n) is 2.72. The average molecular weight is 338 g/mol. The number of hydrogen-bond acceptors (Lipinski definition) is 2. The number of carbonyl (C=O) groups is 2. The van der Waals surface area contributed by atoms with Gasteiger partial charge in [0.15, 0.2) is 0 Å². The third kappa shape index (κ3) is 2.52. The molecule has 20 heavy (non-hydrogen) atoms. The smallest absolute Gasteiger partial charge is 0.322 e. The van der Waals surface area contributed by atoms with Gasteiger partial charge < -0.3 is 15.5 Å². The van der Waals surface area contributed by atoms with Crippen molar-refractivity contribution in [2.45, 2.75) is 31.8 Å². The number of nitrogens with zero attached hydrogens (tertiary/aromatic N) is 1. The summed E-state index contributed by atoms with van der Waals surface area (Å²) in [6, 6.07) is 5.24. The summed E-state index contributed by atoms with van der Waals surface area (Å²) in [6.45, 7) is 1.18. The zero-order valence-electron chi connectivity index (χ0n) is 11.0. The Morgan fingerprint density at radius 1 is 1.25 bits per heavy atom. The molecule has 2 aliphatic rings. The lowest BCUT2D eigenvalue weighted by molar-refractivity contribution is -0.125. The van der Waals surface area contributed by atoms with Crippen molar-refractivity contribution in [3.63, 3.8) is 0 Å². The first-order valence-corrected chi connectivity index (χ1v) is 7.58. The van der Waals surface area contributed by atoms with Gasteiger partial charge in [0.05, 0.1) is 6.54 Å². The second kappa shape index (κ2) is 5.44. The standard InChI is InChI=1S/C14H16BrN3O2/c15-10-5-4-9-8-18(14(20)17-11(9)7-10)12-3-1-2-6-16-13(12)19/h4-5,7,12H,1-3,6,8H2,(H,16,19)(H,17,20). The van der Waals surface area contributed by atoms with E-state index >= 15 is 0 Å². The Morgan fingerprint density at radius 2 is 2.10 bits per heavy atom. The molecule has 2 N–H and O–H groups in total. The van der Waals surface area contributed by atoms with E-state index in [0.717, 1.165) is 35.0 Å². The van der Waals surface area contributed by atoms with Crippen LogP contribution in [0.25, 0.3) is 0 Å². The van der Waals surface area contributed by atoms with Gasteiger partial charge in [-0.05, 0) is 37.0 Å². The molecule has 0 aliphatic carbocycles. The minimum atomic E-state index is -0.366. The number of halogens is 1. The van der Waals surface area contributed by atoms with E-state index in [4.69, 9.17) is 0 Å². The third-order valence-electron chi connectivity index (χ3n) is 3.80. The molecule has 0 aromatic heterocycles. The molecule has 3 rings (SSSR count). The first kappa shape index (κ1) is 13.4. The van der Waals surface area contributed by atoms with Gasteiger partial charge in [-0.2, -0.15) is 0 Å². The van der Waals surface area contributed by atoms with Crippen LogP contribution in [0.4, 0.5) is 10.5 Å². The maximum Gasteiger partial charge on any atom is 0.322 e. The number of benzene rings is 1. The minimum Gasteiger partial charge on any atom is -0.354 e. The summed E-state index contributed by atoms with van der Waals surface area (Å²) in [4.78, 5) is 26.0. The van der Waals surface area contributed by atoms with Crippen LogP contribution in [0.15, 0.2) is 22.7 Å². The number of amides is 3. The van der Waals surface area contributed by atoms with E-state index in [1.807, 2.05) is 18.2 Å². The van der Waals surface area contributed by atoms with Crippen molar-refractivity contribution < 1.29 is 9.59 Å². The van der Waals surface area contributed by atoms with Crippen molar-refractivity contribution in [3.8, 4) is 0 Å². The Bertz CT molecular complexity index is 561. The molecule has 2 aliphatic heterocycles. The molecule has 0 saturated carbocycles. The largest absolute Gasteiger partial charge is 0.354 e. The van der Waals surface area contributed by atoms with E-state index in [-0.39, 0.29) is 18.0 Å². The van der Waals surface area contributed by atoms with Crippen LogP contribution in [0.3, 0.4) is 0 Å². The Morgan fingerprint density at radius 3 is 2.95 bits per heavy atom. The van der Waals surface area contributed by atoms with Crippen LogP contribution in [-0.2, 0) is 11.3 Å². The summed E-state index contributed by atoms with van der Waals surface area (Å²) in [5, 5.41) is 5.74. The second-order valence-electron chi connectivity index (χ2n) is 5.16. The molecule has 0 bridgehead atoms.